The molecule has 8 heteroatoms. The Bertz CT molecular complexity index is 955. The van der Waals surface area contributed by atoms with Crippen LogP contribution in [0.1, 0.15) is 18.5 Å². The first-order chi connectivity index (χ1) is 13.4. The van der Waals surface area contributed by atoms with Crippen molar-refractivity contribution in [2.75, 3.05) is 19.5 Å². The molecule has 0 saturated carbocycles. The molecule has 0 spiro atoms. The fraction of sp³-hybridized carbons (Fsp3) is 0.200. The molecule has 3 amide bonds. The standard InChI is InChI=1S/C20H21N3O5/c1-11-17(19(25)22-13-6-4-5-7-15(13)27-2)18(23-20(26)21-11)12-8-9-14(24)16(10-12)28-3/h4-10,18,24H,1-3H3,(H,22,25)(H2,21,23,26)/t18-/m0/s1. The number of amides is 3. The summed E-state index contributed by atoms with van der Waals surface area (Å²) in [5.74, 6) is 0.330. The number of anilines is 1. The van der Waals surface area contributed by atoms with Crippen LogP contribution in [0.2, 0.25) is 0 Å². The molecular formula is C20H21N3O5. The van der Waals surface area contributed by atoms with Crippen molar-refractivity contribution in [2.45, 2.75) is 13.0 Å². The van der Waals surface area contributed by atoms with Gasteiger partial charge in [0, 0.05) is 5.70 Å². The van der Waals surface area contributed by atoms with Crippen LogP contribution in [0, 0.1) is 0 Å². The van der Waals surface area contributed by atoms with Gasteiger partial charge in [-0.05, 0) is 36.8 Å². The molecule has 0 unspecified atom stereocenters. The SMILES string of the molecule is COc1cc([C@@H]2NC(=O)NC(C)=C2C(=O)Nc2ccccc2OC)ccc1O. The highest BCUT2D eigenvalue weighted by molar-refractivity contribution is 6.07. The lowest BCUT2D eigenvalue weighted by atomic mass is 9.94. The molecule has 0 fully saturated rings. The van der Waals surface area contributed by atoms with E-state index in [9.17, 15) is 14.7 Å². The minimum atomic E-state index is -0.724. The van der Waals surface area contributed by atoms with E-state index in [2.05, 4.69) is 16.0 Å². The first kappa shape index (κ1) is 19.1. The predicted octanol–water partition coefficient (Wildman–Crippen LogP) is 2.68. The molecule has 0 bridgehead atoms. The van der Waals surface area contributed by atoms with Gasteiger partial charge in [-0.15, -0.1) is 0 Å². The molecule has 2 aromatic rings. The van der Waals surface area contributed by atoms with Crippen LogP contribution in [-0.4, -0.2) is 31.3 Å². The number of ether oxygens (including phenoxy) is 2. The summed E-state index contributed by atoms with van der Waals surface area (Å²) in [7, 11) is 2.94. The highest BCUT2D eigenvalue weighted by atomic mass is 16.5. The molecule has 0 aliphatic carbocycles. The first-order valence-corrected chi connectivity index (χ1v) is 8.54. The van der Waals surface area contributed by atoms with Crippen molar-refractivity contribution in [3.63, 3.8) is 0 Å². The number of nitrogens with one attached hydrogen (secondary N) is 3. The van der Waals surface area contributed by atoms with E-state index in [0.717, 1.165) is 0 Å². The second-order valence-corrected chi connectivity index (χ2v) is 6.16. The number of phenolic OH excluding ortho intramolecular Hbond substituents is 1. The van der Waals surface area contributed by atoms with Crippen molar-refractivity contribution in [1.82, 2.24) is 10.6 Å². The lowest BCUT2D eigenvalue weighted by Crippen LogP contribution is -2.46. The number of carbonyl (C=O) groups is 2. The largest absolute Gasteiger partial charge is 0.504 e. The van der Waals surface area contributed by atoms with Gasteiger partial charge in [0.2, 0.25) is 0 Å². The van der Waals surface area contributed by atoms with Gasteiger partial charge in [0.05, 0.1) is 31.5 Å². The lowest BCUT2D eigenvalue weighted by Gasteiger charge is -2.29. The van der Waals surface area contributed by atoms with Gasteiger partial charge in [0.1, 0.15) is 5.75 Å². The molecule has 8 nitrogen and oxygen atoms in total. The zero-order chi connectivity index (χ0) is 20.3. The van der Waals surface area contributed by atoms with E-state index in [0.29, 0.717) is 28.3 Å². The quantitative estimate of drug-likeness (QED) is 0.635. The molecular weight excluding hydrogens is 362 g/mol. The summed E-state index contributed by atoms with van der Waals surface area (Å²) in [6.07, 6.45) is 0. The Balaban J connectivity index is 1.99. The number of aromatic hydroxyl groups is 1. The van der Waals surface area contributed by atoms with Crippen molar-refractivity contribution >= 4 is 17.6 Å². The fourth-order valence-electron chi connectivity index (χ4n) is 3.06. The Morgan fingerprint density at radius 1 is 1.11 bits per heavy atom. The van der Waals surface area contributed by atoms with Gasteiger partial charge in [0.25, 0.3) is 5.91 Å². The third kappa shape index (κ3) is 3.71. The van der Waals surface area contributed by atoms with Crippen LogP contribution >= 0.6 is 0 Å². The van der Waals surface area contributed by atoms with Gasteiger partial charge < -0.3 is 30.5 Å². The van der Waals surface area contributed by atoms with E-state index in [4.69, 9.17) is 9.47 Å². The van der Waals surface area contributed by atoms with Crippen LogP contribution in [0.25, 0.3) is 0 Å². The van der Waals surface area contributed by atoms with E-state index in [1.807, 2.05) is 0 Å². The fourth-order valence-corrected chi connectivity index (χ4v) is 3.06. The maximum atomic E-state index is 13.1. The zero-order valence-electron chi connectivity index (χ0n) is 15.7. The molecule has 1 heterocycles. The van der Waals surface area contributed by atoms with Crippen LogP contribution in [-0.2, 0) is 4.79 Å². The van der Waals surface area contributed by atoms with E-state index in [1.54, 1.807) is 43.3 Å². The summed E-state index contributed by atoms with van der Waals surface area (Å²) >= 11 is 0. The topological polar surface area (TPSA) is 109 Å². The normalized spacial score (nSPS) is 16.1. The molecule has 0 aromatic heterocycles. The maximum Gasteiger partial charge on any atom is 0.319 e. The van der Waals surface area contributed by atoms with Crippen molar-refractivity contribution in [2.24, 2.45) is 0 Å². The monoisotopic (exact) mass is 383 g/mol. The van der Waals surface area contributed by atoms with Gasteiger partial charge in [-0.3, -0.25) is 4.79 Å². The third-order valence-corrected chi connectivity index (χ3v) is 4.41. The molecule has 0 saturated heterocycles. The summed E-state index contributed by atoms with van der Waals surface area (Å²) in [5.41, 5.74) is 1.86. The van der Waals surface area contributed by atoms with Crippen molar-refractivity contribution in [3.8, 4) is 17.2 Å². The number of rotatable bonds is 5. The Labute approximate surface area is 162 Å². The Kier molecular flexibility index (Phi) is 5.39. The number of hydrogen-bond donors (Lipinski definition) is 4. The molecule has 0 radical (unpaired) electrons. The molecule has 4 N–H and O–H groups in total. The van der Waals surface area contributed by atoms with E-state index >= 15 is 0 Å². The van der Waals surface area contributed by atoms with Crippen molar-refractivity contribution in [1.29, 1.82) is 0 Å². The van der Waals surface area contributed by atoms with Crippen LogP contribution in [0.15, 0.2) is 53.7 Å². The van der Waals surface area contributed by atoms with Crippen LogP contribution < -0.4 is 25.4 Å². The summed E-state index contributed by atoms with van der Waals surface area (Å²) in [6.45, 7) is 1.65. The smallest absolute Gasteiger partial charge is 0.319 e. The molecule has 1 aliphatic heterocycles. The summed E-state index contributed by atoms with van der Waals surface area (Å²) < 4.78 is 10.4. The minimum Gasteiger partial charge on any atom is -0.504 e. The number of phenols is 1. The minimum absolute atomic E-state index is 0.0350. The predicted molar refractivity (Wildman–Crippen MR) is 103 cm³/mol. The van der Waals surface area contributed by atoms with Gasteiger partial charge in [0.15, 0.2) is 11.5 Å². The number of benzene rings is 2. The van der Waals surface area contributed by atoms with E-state index in [1.165, 1.54) is 20.3 Å². The number of allylic oxidation sites excluding steroid dienone is 1. The molecule has 146 valence electrons. The number of methoxy groups -OCH3 is 2. The highest BCUT2D eigenvalue weighted by Crippen LogP contribution is 2.34. The summed E-state index contributed by atoms with van der Waals surface area (Å²) in [5, 5.41) is 18.0. The third-order valence-electron chi connectivity index (χ3n) is 4.41. The van der Waals surface area contributed by atoms with Gasteiger partial charge in [-0.1, -0.05) is 18.2 Å². The zero-order valence-corrected chi connectivity index (χ0v) is 15.7. The van der Waals surface area contributed by atoms with E-state index < -0.39 is 18.0 Å². The van der Waals surface area contributed by atoms with Gasteiger partial charge >= 0.3 is 6.03 Å². The highest BCUT2D eigenvalue weighted by Gasteiger charge is 2.32. The average Bonchev–Trinajstić information content (AvgIpc) is 2.68. The first-order valence-electron chi connectivity index (χ1n) is 8.54. The Hall–Kier alpha value is -3.68. The lowest BCUT2D eigenvalue weighted by molar-refractivity contribution is -0.113. The molecule has 1 atom stereocenters. The number of carbonyl (C=O) groups excluding carboxylic acids is 2. The van der Waals surface area contributed by atoms with Gasteiger partial charge in [-0.2, -0.15) is 0 Å². The second-order valence-electron chi connectivity index (χ2n) is 6.16. The van der Waals surface area contributed by atoms with Crippen LogP contribution in [0.5, 0.6) is 17.2 Å². The summed E-state index contributed by atoms with van der Waals surface area (Å²) in [6, 6.07) is 10.5. The van der Waals surface area contributed by atoms with E-state index in [-0.39, 0.29) is 11.5 Å². The molecule has 1 aliphatic rings. The Morgan fingerprint density at radius 2 is 1.82 bits per heavy atom. The number of urea groups is 1. The van der Waals surface area contributed by atoms with Crippen LogP contribution in [0.3, 0.4) is 0 Å². The van der Waals surface area contributed by atoms with Crippen molar-refractivity contribution < 1.29 is 24.2 Å². The number of hydrogen-bond acceptors (Lipinski definition) is 5. The maximum absolute atomic E-state index is 13.1. The summed E-state index contributed by atoms with van der Waals surface area (Å²) in [4.78, 5) is 25.1. The van der Waals surface area contributed by atoms with Crippen molar-refractivity contribution in [3.05, 3.63) is 59.3 Å². The molecule has 2 aromatic carbocycles. The number of para-hydroxylation sites is 2. The molecule has 28 heavy (non-hydrogen) atoms. The average molecular weight is 383 g/mol. The second kappa shape index (κ2) is 7.91. The van der Waals surface area contributed by atoms with Crippen LogP contribution in [0.4, 0.5) is 10.5 Å². The Morgan fingerprint density at radius 3 is 2.54 bits per heavy atom. The van der Waals surface area contributed by atoms with Gasteiger partial charge in [-0.25, -0.2) is 4.79 Å². The molecule has 3 rings (SSSR count).